The molecule has 3 aromatic rings. The molecule has 3 rings (SSSR count). The molecule has 0 bridgehead atoms. The van der Waals surface area contributed by atoms with Gasteiger partial charge in [0.2, 0.25) is 0 Å². The van der Waals surface area contributed by atoms with Crippen molar-refractivity contribution >= 4 is 22.9 Å². The van der Waals surface area contributed by atoms with Crippen LogP contribution in [0.4, 0.5) is 13.2 Å². The Hall–Kier alpha value is -3.53. The van der Waals surface area contributed by atoms with Crippen LogP contribution in [0, 0.1) is 18.3 Å². The minimum absolute atomic E-state index is 0.183. The summed E-state index contributed by atoms with van der Waals surface area (Å²) in [6.07, 6.45) is -1.06. The zero-order valence-electron chi connectivity index (χ0n) is 17.4. The smallest absolute Gasteiger partial charge is 0.416 e. The molecule has 0 N–H and O–H groups in total. The Balaban J connectivity index is 2.13. The molecule has 0 radical (unpaired) electrons. The van der Waals surface area contributed by atoms with Crippen molar-refractivity contribution < 1.29 is 22.7 Å². The summed E-state index contributed by atoms with van der Waals surface area (Å²) in [5.74, 6) is -0.466. The second kappa shape index (κ2) is 8.68. The summed E-state index contributed by atoms with van der Waals surface area (Å²) in [5.41, 5.74) is 2.40. The molecule has 31 heavy (non-hydrogen) atoms. The van der Waals surface area contributed by atoms with E-state index in [0.29, 0.717) is 38.7 Å². The lowest BCUT2D eigenvalue weighted by Crippen LogP contribution is -2.07. The maximum absolute atomic E-state index is 13.2. The van der Waals surface area contributed by atoms with Crippen molar-refractivity contribution in [1.29, 1.82) is 5.26 Å². The Kier molecular flexibility index (Phi) is 6.21. The van der Waals surface area contributed by atoms with Crippen molar-refractivity contribution in [2.75, 3.05) is 6.61 Å². The number of esters is 1. The summed E-state index contributed by atoms with van der Waals surface area (Å²) < 4.78 is 46.5. The average molecular weight is 426 g/mol. The highest BCUT2D eigenvalue weighted by molar-refractivity contribution is 5.99. The number of carbonyl (C=O) groups excluding carboxylic acids is 1. The van der Waals surface area contributed by atoms with Crippen LogP contribution in [-0.4, -0.2) is 17.1 Å². The van der Waals surface area contributed by atoms with Gasteiger partial charge in [0.25, 0.3) is 0 Å². The number of hydrogen-bond acceptors (Lipinski definition) is 3. The lowest BCUT2D eigenvalue weighted by Gasteiger charge is -2.12. The minimum atomic E-state index is -4.43. The predicted molar refractivity (Wildman–Crippen MR) is 112 cm³/mol. The third kappa shape index (κ3) is 4.80. The van der Waals surface area contributed by atoms with Crippen LogP contribution in [0.15, 0.2) is 48.2 Å². The molecule has 0 saturated carbocycles. The van der Waals surface area contributed by atoms with Crippen molar-refractivity contribution in [3.8, 4) is 6.07 Å². The number of aryl methyl sites for hydroxylation is 1. The quantitative estimate of drug-likeness (QED) is 0.380. The van der Waals surface area contributed by atoms with Gasteiger partial charge in [-0.05, 0) is 56.7 Å². The van der Waals surface area contributed by atoms with Crippen LogP contribution < -0.4 is 0 Å². The zero-order valence-corrected chi connectivity index (χ0v) is 17.4. The zero-order chi connectivity index (χ0) is 22.8. The second-order valence-electron chi connectivity index (χ2n) is 7.28. The molecule has 0 fully saturated rings. The fourth-order valence-electron chi connectivity index (χ4n) is 3.57. The summed E-state index contributed by atoms with van der Waals surface area (Å²) >= 11 is 0. The lowest BCUT2D eigenvalue weighted by atomic mass is 10.1. The van der Waals surface area contributed by atoms with Gasteiger partial charge in [0.05, 0.1) is 29.3 Å². The number of halogens is 3. The Morgan fingerprint density at radius 2 is 2.00 bits per heavy atom. The molecule has 0 atom stereocenters. The van der Waals surface area contributed by atoms with E-state index in [4.69, 9.17) is 4.74 Å². The van der Waals surface area contributed by atoms with Gasteiger partial charge in [-0.1, -0.05) is 17.7 Å². The summed E-state index contributed by atoms with van der Waals surface area (Å²) in [7, 11) is 0. The van der Waals surface area contributed by atoms with E-state index < -0.39 is 17.7 Å². The maximum Gasteiger partial charge on any atom is 0.416 e. The van der Waals surface area contributed by atoms with Crippen molar-refractivity contribution in [2.24, 2.45) is 0 Å². The molecule has 0 amide bonds. The molecule has 4 nitrogen and oxygen atoms in total. The number of fused-ring (bicyclic) bond motifs is 1. The van der Waals surface area contributed by atoms with Crippen LogP contribution >= 0.6 is 0 Å². The first kappa shape index (κ1) is 22.2. The summed E-state index contributed by atoms with van der Waals surface area (Å²) in [6.45, 7) is 5.37. The Morgan fingerprint density at radius 3 is 2.65 bits per heavy atom. The van der Waals surface area contributed by atoms with Crippen LogP contribution in [0.25, 0.3) is 17.0 Å². The molecule has 0 saturated heterocycles. The van der Waals surface area contributed by atoms with Gasteiger partial charge < -0.3 is 9.30 Å². The summed E-state index contributed by atoms with van der Waals surface area (Å²) in [6, 6.07) is 11.3. The maximum atomic E-state index is 13.2. The lowest BCUT2D eigenvalue weighted by molar-refractivity contribution is -0.138. The minimum Gasteiger partial charge on any atom is -0.463 e. The van der Waals surface area contributed by atoms with E-state index in [-0.39, 0.29) is 13.2 Å². The topological polar surface area (TPSA) is 55.0 Å². The first-order chi connectivity index (χ1) is 14.6. The summed E-state index contributed by atoms with van der Waals surface area (Å²) in [4.78, 5) is 12.0. The van der Waals surface area contributed by atoms with Crippen molar-refractivity contribution in [1.82, 2.24) is 4.57 Å². The molecule has 1 heterocycles. The number of hydrogen-bond donors (Lipinski definition) is 0. The predicted octanol–water partition coefficient (Wildman–Crippen LogP) is 5.85. The SMILES string of the molecule is CCOC(=O)/C(C)=C/c1cn(Cc2cc(C)cc(C(F)(F)F)c2)c2cccc(C#N)c12. The van der Waals surface area contributed by atoms with Crippen LogP contribution in [0.3, 0.4) is 0 Å². The van der Waals surface area contributed by atoms with Gasteiger partial charge in [-0.3, -0.25) is 0 Å². The van der Waals surface area contributed by atoms with E-state index in [1.807, 2.05) is 0 Å². The van der Waals surface area contributed by atoms with Crippen LogP contribution in [-0.2, 0) is 22.3 Å². The number of nitrogens with zero attached hydrogens (tertiary/aromatic N) is 2. The van der Waals surface area contributed by atoms with E-state index in [1.165, 1.54) is 0 Å². The van der Waals surface area contributed by atoms with Gasteiger partial charge in [-0.15, -0.1) is 0 Å². The van der Waals surface area contributed by atoms with Gasteiger partial charge >= 0.3 is 12.1 Å². The molecule has 0 aliphatic heterocycles. The third-order valence-electron chi connectivity index (χ3n) is 4.84. The van der Waals surface area contributed by atoms with E-state index >= 15 is 0 Å². The monoisotopic (exact) mass is 426 g/mol. The normalized spacial score (nSPS) is 12.1. The average Bonchev–Trinajstić information content (AvgIpc) is 3.04. The number of benzene rings is 2. The van der Waals surface area contributed by atoms with Gasteiger partial charge in [-0.25, -0.2) is 4.79 Å². The fourth-order valence-corrected chi connectivity index (χ4v) is 3.57. The summed E-state index contributed by atoms with van der Waals surface area (Å²) in [5, 5.41) is 10.2. The Labute approximate surface area is 178 Å². The van der Waals surface area contributed by atoms with Crippen molar-refractivity contribution in [3.63, 3.8) is 0 Å². The van der Waals surface area contributed by atoms with Gasteiger partial charge in [0.15, 0.2) is 0 Å². The van der Waals surface area contributed by atoms with Gasteiger partial charge in [-0.2, -0.15) is 18.4 Å². The number of ether oxygens (including phenoxy) is 1. The Bertz CT molecular complexity index is 1210. The van der Waals surface area contributed by atoms with Crippen molar-refractivity contribution in [2.45, 2.75) is 33.5 Å². The molecule has 0 spiro atoms. The largest absolute Gasteiger partial charge is 0.463 e. The Morgan fingerprint density at radius 1 is 1.26 bits per heavy atom. The van der Waals surface area contributed by atoms with Crippen LogP contribution in [0.2, 0.25) is 0 Å². The number of alkyl halides is 3. The van der Waals surface area contributed by atoms with Gasteiger partial charge in [0, 0.05) is 29.3 Å². The fraction of sp³-hybridized carbons (Fsp3) is 0.250. The molecule has 0 unspecified atom stereocenters. The van der Waals surface area contributed by atoms with E-state index in [0.717, 1.165) is 12.1 Å². The third-order valence-corrected chi connectivity index (χ3v) is 4.84. The van der Waals surface area contributed by atoms with E-state index in [9.17, 15) is 23.2 Å². The molecule has 1 aromatic heterocycles. The highest BCUT2D eigenvalue weighted by Crippen LogP contribution is 2.32. The van der Waals surface area contributed by atoms with Crippen LogP contribution in [0.5, 0.6) is 0 Å². The molecule has 0 aliphatic carbocycles. The number of nitriles is 1. The first-order valence-electron chi connectivity index (χ1n) is 9.69. The highest BCUT2D eigenvalue weighted by Gasteiger charge is 2.31. The number of rotatable bonds is 5. The number of carbonyl (C=O) groups is 1. The molecule has 2 aromatic carbocycles. The van der Waals surface area contributed by atoms with E-state index in [1.54, 1.807) is 61.9 Å². The molecule has 7 heteroatoms. The first-order valence-corrected chi connectivity index (χ1v) is 9.69. The van der Waals surface area contributed by atoms with Crippen LogP contribution in [0.1, 0.15) is 41.7 Å². The number of aromatic nitrogens is 1. The van der Waals surface area contributed by atoms with Gasteiger partial charge in [0.1, 0.15) is 0 Å². The highest BCUT2D eigenvalue weighted by atomic mass is 19.4. The second-order valence-corrected chi connectivity index (χ2v) is 7.28. The molecule has 0 aliphatic rings. The molecule has 160 valence electrons. The standard InChI is InChI=1S/C24H21F3N2O2/c1-4-31-23(30)16(3)10-19-14-29(21-7-5-6-18(12-28)22(19)21)13-17-8-15(2)9-20(11-17)24(25,26)27/h5-11,14H,4,13H2,1-3H3/b16-10+. The van der Waals surface area contributed by atoms with E-state index in [2.05, 4.69) is 6.07 Å². The molecular weight excluding hydrogens is 405 g/mol. The van der Waals surface area contributed by atoms with Crippen molar-refractivity contribution in [3.05, 3.63) is 76.0 Å². The molecular formula is C24H21F3N2O2.